The van der Waals surface area contributed by atoms with Gasteiger partial charge in [0, 0.05) is 14.1 Å². The zero-order valence-electron chi connectivity index (χ0n) is 7.87. The third-order valence-corrected chi connectivity index (χ3v) is 1.65. The van der Waals surface area contributed by atoms with E-state index in [1.54, 1.807) is 0 Å². The summed E-state index contributed by atoms with van der Waals surface area (Å²) in [6.45, 7) is 2.71. The number of hydrogen-bond acceptors (Lipinski definition) is 2. The summed E-state index contributed by atoms with van der Waals surface area (Å²) in [4.78, 5) is 2.05. The van der Waals surface area contributed by atoms with Crippen LogP contribution in [0.4, 0.5) is 5.69 Å². The maximum Gasteiger partial charge on any atom is 0.142 e. The van der Waals surface area contributed by atoms with Gasteiger partial charge in [0.25, 0.3) is 0 Å². The predicted octanol–water partition coefficient (Wildman–Crippen LogP) is 2.15. The minimum atomic E-state index is 0.713. The Bertz CT molecular complexity index is 245. The van der Waals surface area contributed by atoms with Crippen LogP contribution in [-0.2, 0) is 0 Å². The SMILES string of the molecule is CCOc1ccccc1N(C)C. The monoisotopic (exact) mass is 165 g/mol. The topological polar surface area (TPSA) is 12.5 Å². The molecular formula is C10H15NO. The van der Waals surface area contributed by atoms with Gasteiger partial charge in [-0.15, -0.1) is 0 Å². The Morgan fingerprint density at radius 1 is 1.25 bits per heavy atom. The molecular weight excluding hydrogens is 150 g/mol. The van der Waals surface area contributed by atoms with Crippen LogP contribution in [0.5, 0.6) is 5.75 Å². The third-order valence-electron chi connectivity index (χ3n) is 1.65. The van der Waals surface area contributed by atoms with Crippen molar-refractivity contribution in [1.82, 2.24) is 0 Å². The van der Waals surface area contributed by atoms with Crippen molar-refractivity contribution < 1.29 is 4.74 Å². The molecule has 0 aliphatic heterocycles. The molecule has 2 heteroatoms. The van der Waals surface area contributed by atoms with E-state index >= 15 is 0 Å². The zero-order valence-corrected chi connectivity index (χ0v) is 7.87. The van der Waals surface area contributed by atoms with Crippen LogP contribution in [0.2, 0.25) is 0 Å². The second-order valence-electron chi connectivity index (χ2n) is 2.80. The van der Waals surface area contributed by atoms with Crippen molar-refractivity contribution in [3.63, 3.8) is 0 Å². The lowest BCUT2D eigenvalue weighted by atomic mass is 10.3. The average molecular weight is 165 g/mol. The number of benzene rings is 1. The summed E-state index contributed by atoms with van der Waals surface area (Å²) >= 11 is 0. The smallest absolute Gasteiger partial charge is 0.142 e. The van der Waals surface area contributed by atoms with E-state index in [1.165, 1.54) is 0 Å². The molecule has 12 heavy (non-hydrogen) atoms. The van der Waals surface area contributed by atoms with Crippen LogP contribution in [-0.4, -0.2) is 20.7 Å². The Kier molecular flexibility index (Phi) is 2.97. The quantitative estimate of drug-likeness (QED) is 0.680. The molecule has 0 heterocycles. The lowest BCUT2D eigenvalue weighted by Gasteiger charge is -2.16. The number of ether oxygens (including phenoxy) is 1. The molecule has 1 aromatic rings. The van der Waals surface area contributed by atoms with Gasteiger partial charge in [-0.05, 0) is 19.1 Å². The van der Waals surface area contributed by atoms with Gasteiger partial charge in [0.05, 0.1) is 12.3 Å². The summed E-state index contributed by atoms with van der Waals surface area (Å²) in [7, 11) is 4.02. The van der Waals surface area contributed by atoms with Gasteiger partial charge in [0.2, 0.25) is 0 Å². The van der Waals surface area contributed by atoms with Crippen LogP contribution < -0.4 is 9.64 Å². The molecule has 0 unspecified atom stereocenters. The van der Waals surface area contributed by atoms with Gasteiger partial charge in [0.15, 0.2) is 0 Å². The highest BCUT2D eigenvalue weighted by Gasteiger charge is 2.02. The van der Waals surface area contributed by atoms with Gasteiger partial charge < -0.3 is 9.64 Å². The van der Waals surface area contributed by atoms with Crippen molar-refractivity contribution in [1.29, 1.82) is 0 Å². The van der Waals surface area contributed by atoms with E-state index < -0.39 is 0 Å². The molecule has 0 radical (unpaired) electrons. The van der Waals surface area contributed by atoms with Crippen molar-refractivity contribution in [3.8, 4) is 5.75 Å². The van der Waals surface area contributed by atoms with Crippen LogP contribution in [0.3, 0.4) is 0 Å². The summed E-state index contributed by atoms with van der Waals surface area (Å²) in [6.07, 6.45) is 0. The minimum absolute atomic E-state index is 0.713. The maximum absolute atomic E-state index is 5.46. The van der Waals surface area contributed by atoms with E-state index in [-0.39, 0.29) is 0 Å². The number of anilines is 1. The standard InChI is InChI=1S/C10H15NO/c1-4-12-10-8-6-5-7-9(10)11(2)3/h5-8H,4H2,1-3H3. The van der Waals surface area contributed by atoms with E-state index in [1.807, 2.05) is 50.2 Å². The molecule has 0 fully saturated rings. The zero-order chi connectivity index (χ0) is 8.97. The van der Waals surface area contributed by atoms with E-state index in [9.17, 15) is 0 Å². The van der Waals surface area contributed by atoms with Crippen molar-refractivity contribution in [2.45, 2.75) is 6.92 Å². The van der Waals surface area contributed by atoms with Crippen LogP contribution in [0, 0.1) is 0 Å². The number of nitrogens with zero attached hydrogens (tertiary/aromatic N) is 1. The second-order valence-corrected chi connectivity index (χ2v) is 2.80. The molecule has 0 N–H and O–H groups in total. The molecule has 0 amide bonds. The van der Waals surface area contributed by atoms with Gasteiger partial charge in [0.1, 0.15) is 5.75 Å². The van der Waals surface area contributed by atoms with Gasteiger partial charge in [-0.3, -0.25) is 0 Å². The van der Waals surface area contributed by atoms with Crippen molar-refractivity contribution in [2.24, 2.45) is 0 Å². The molecule has 0 aliphatic carbocycles. The lowest BCUT2D eigenvalue weighted by molar-refractivity contribution is 0.341. The van der Waals surface area contributed by atoms with Gasteiger partial charge >= 0.3 is 0 Å². The van der Waals surface area contributed by atoms with E-state index in [0.717, 1.165) is 11.4 Å². The maximum atomic E-state index is 5.46. The highest BCUT2D eigenvalue weighted by Crippen LogP contribution is 2.25. The molecule has 66 valence electrons. The highest BCUT2D eigenvalue weighted by molar-refractivity contribution is 5.57. The molecule has 1 rings (SSSR count). The Labute approximate surface area is 73.8 Å². The highest BCUT2D eigenvalue weighted by atomic mass is 16.5. The van der Waals surface area contributed by atoms with Gasteiger partial charge in [-0.25, -0.2) is 0 Å². The first-order valence-corrected chi connectivity index (χ1v) is 4.15. The molecule has 0 atom stereocenters. The second kappa shape index (κ2) is 4.00. The van der Waals surface area contributed by atoms with Crippen LogP contribution in [0.15, 0.2) is 24.3 Å². The van der Waals surface area contributed by atoms with E-state index in [0.29, 0.717) is 6.61 Å². The first kappa shape index (κ1) is 8.91. The fourth-order valence-corrected chi connectivity index (χ4v) is 1.10. The Hall–Kier alpha value is -1.18. The molecule has 0 saturated carbocycles. The summed E-state index contributed by atoms with van der Waals surface area (Å²) in [5.74, 6) is 0.949. The summed E-state index contributed by atoms with van der Waals surface area (Å²) in [5.41, 5.74) is 1.12. The fraction of sp³-hybridized carbons (Fsp3) is 0.400. The third kappa shape index (κ3) is 1.91. The van der Waals surface area contributed by atoms with E-state index in [2.05, 4.69) is 0 Å². The Balaban J connectivity index is 2.92. The fourth-order valence-electron chi connectivity index (χ4n) is 1.10. The normalized spacial score (nSPS) is 9.58. The molecule has 1 aromatic carbocycles. The molecule has 0 aliphatic rings. The number of para-hydroxylation sites is 2. The van der Waals surface area contributed by atoms with Gasteiger partial charge in [-0.1, -0.05) is 12.1 Å². The Morgan fingerprint density at radius 2 is 1.92 bits per heavy atom. The largest absolute Gasteiger partial charge is 0.492 e. The Morgan fingerprint density at radius 3 is 2.50 bits per heavy atom. The van der Waals surface area contributed by atoms with Crippen LogP contribution >= 0.6 is 0 Å². The molecule has 2 nitrogen and oxygen atoms in total. The first-order chi connectivity index (χ1) is 5.75. The lowest BCUT2D eigenvalue weighted by Crippen LogP contribution is -2.10. The minimum Gasteiger partial charge on any atom is -0.492 e. The first-order valence-electron chi connectivity index (χ1n) is 4.15. The predicted molar refractivity (Wildman–Crippen MR) is 51.9 cm³/mol. The van der Waals surface area contributed by atoms with Crippen molar-refractivity contribution in [3.05, 3.63) is 24.3 Å². The summed E-state index contributed by atoms with van der Waals surface area (Å²) in [6, 6.07) is 8.03. The molecule has 0 spiro atoms. The average Bonchev–Trinajstić information content (AvgIpc) is 2.05. The molecule has 0 aromatic heterocycles. The summed E-state index contributed by atoms with van der Waals surface area (Å²) < 4.78 is 5.46. The van der Waals surface area contributed by atoms with Gasteiger partial charge in [-0.2, -0.15) is 0 Å². The molecule has 0 saturated heterocycles. The molecule has 0 bridgehead atoms. The number of hydrogen-bond donors (Lipinski definition) is 0. The van der Waals surface area contributed by atoms with Crippen molar-refractivity contribution in [2.75, 3.05) is 25.6 Å². The van der Waals surface area contributed by atoms with E-state index in [4.69, 9.17) is 4.74 Å². The van der Waals surface area contributed by atoms with Crippen LogP contribution in [0.25, 0.3) is 0 Å². The number of rotatable bonds is 3. The van der Waals surface area contributed by atoms with Crippen LogP contribution in [0.1, 0.15) is 6.92 Å². The summed E-state index contributed by atoms with van der Waals surface area (Å²) in [5, 5.41) is 0. The van der Waals surface area contributed by atoms with Crippen molar-refractivity contribution >= 4 is 5.69 Å².